The molecule has 3 rings (SSSR count). The van der Waals surface area contributed by atoms with Crippen LogP contribution in [0.2, 0.25) is 0 Å². The van der Waals surface area contributed by atoms with Gasteiger partial charge in [0.25, 0.3) is 11.8 Å². The van der Waals surface area contributed by atoms with Gasteiger partial charge in [0.1, 0.15) is 23.7 Å². The third-order valence-corrected chi connectivity index (χ3v) is 5.17. The molecule has 8 heteroatoms. The molecule has 2 amide bonds. The molecule has 0 unspecified atom stereocenters. The fraction of sp³-hybridized carbons (Fsp3) is 0.136. The van der Waals surface area contributed by atoms with Gasteiger partial charge >= 0.3 is 0 Å². The summed E-state index contributed by atoms with van der Waals surface area (Å²) in [5.41, 5.74) is 1.43. The van der Waals surface area contributed by atoms with Crippen LogP contribution in [0.5, 0.6) is 11.5 Å². The minimum Gasteiger partial charge on any atom is -0.496 e. The van der Waals surface area contributed by atoms with Crippen molar-refractivity contribution in [2.24, 2.45) is 0 Å². The van der Waals surface area contributed by atoms with Crippen LogP contribution >= 0.6 is 28.1 Å². The number of nitrogens with one attached hydrogen (secondary N) is 1. The van der Waals surface area contributed by atoms with Crippen LogP contribution in [0.25, 0.3) is 6.08 Å². The average molecular weight is 487 g/mol. The quantitative estimate of drug-likeness (QED) is 0.278. The zero-order valence-corrected chi connectivity index (χ0v) is 18.6. The van der Waals surface area contributed by atoms with E-state index in [-0.39, 0.29) is 23.8 Å². The Morgan fingerprint density at radius 2 is 1.93 bits per heavy atom. The van der Waals surface area contributed by atoms with Crippen LogP contribution in [0, 0.1) is 0 Å². The number of ether oxygens (including phenoxy) is 2. The maximum Gasteiger partial charge on any atom is 0.265 e. The first-order valence-electron chi connectivity index (χ1n) is 8.98. The van der Waals surface area contributed by atoms with Crippen molar-refractivity contribution in [1.29, 1.82) is 0 Å². The summed E-state index contributed by atoms with van der Waals surface area (Å²) in [5, 5.41) is 2.60. The van der Waals surface area contributed by atoms with Gasteiger partial charge in [0.2, 0.25) is 0 Å². The van der Waals surface area contributed by atoms with Gasteiger partial charge in [-0.3, -0.25) is 19.8 Å². The summed E-state index contributed by atoms with van der Waals surface area (Å²) in [7, 11) is 1.57. The van der Waals surface area contributed by atoms with Gasteiger partial charge in [0.05, 0.1) is 7.11 Å². The normalized spacial score (nSPS) is 15.2. The van der Waals surface area contributed by atoms with Crippen molar-refractivity contribution in [1.82, 2.24) is 10.2 Å². The summed E-state index contributed by atoms with van der Waals surface area (Å²) in [6.07, 6.45) is 3.07. The Morgan fingerprint density at radius 1 is 1.20 bits per heavy atom. The lowest BCUT2D eigenvalue weighted by Crippen LogP contribution is -2.53. The van der Waals surface area contributed by atoms with Crippen molar-refractivity contribution in [3.63, 3.8) is 0 Å². The van der Waals surface area contributed by atoms with Crippen LogP contribution in [0.4, 0.5) is 0 Å². The number of thiocarbonyl (C=S) groups is 1. The molecular formula is C22H19BrN2O4S. The van der Waals surface area contributed by atoms with E-state index in [1.165, 1.54) is 11.0 Å². The summed E-state index contributed by atoms with van der Waals surface area (Å²) in [6, 6.07) is 12.8. The highest BCUT2D eigenvalue weighted by atomic mass is 79.9. The van der Waals surface area contributed by atoms with Crippen LogP contribution in [0.15, 0.2) is 65.2 Å². The van der Waals surface area contributed by atoms with Gasteiger partial charge in [0, 0.05) is 16.6 Å². The molecule has 2 aromatic carbocycles. The molecule has 0 spiro atoms. The van der Waals surface area contributed by atoms with Crippen molar-refractivity contribution < 1.29 is 19.1 Å². The van der Waals surface area contributed by atoms with Crippen LogP contribution in [0.1, 0.15) is 11.1 Å². The zero-order valence-electron chi connectivity index (χ0n) is 16.2. The Morgan fingerprint density at radius 3 is 2.60 bits per heavy atom. The molecular weight excluding hydrogens is 468 g/mol. The summed E-state index contributed by atoms with van der Waals surface area (Å²) in [4.78, 5) is 26.3. The molecule has 1 saturated heterocycles. The van der Waals surface area contributed by atoms with E-state index in [0.717, 1.165) is 10.0 Å². The maximum absolute atomic E-state index is 12.7. The first-order valence-corrected chi connectivity index (χ1v) is 10.2. The molecule has 1 N–H and O–H groups in total. The molecule has 0 bridgehead atoms. The van der Waals surface area contributed by atoms with E-state index in [2.05, 4.69) is 27.8 Å². The molecule has 0 radical (unpaired) electrons. The largest absolute Gasteiger partial charge is 0.496 e. The zero-order chi connectivity index (χ0) is 21.7. The number of rotatable bonds is 7. The van der Waals surface area contributed by atoms with E-state index in [9.17, 15) is 9.59 Å². The third kappa shape index (κ3) is 4.95. The van der Waals surface area contributed by atoms with E-state index < -0.39 is 11.8 Å². The topological polar surface area (TPSA) is 67.9 Å². The highest BCUT2D eigenvalue weighted by Gasteiger charge is 2.32. The van der Waals surface area contributed by atoms with Crippen molar-refractivity contribution in [3.8, 4) is 11.5 Å². The first-order chi connectivity index (χ1) is 14.4. The number of methoxy groups -OCH3 is 1. The molecule has 1 heterocycles. The van der Waals surface area contributed by atoms with E-state index in [4.69, 9.17) is 21.7 Å². The number of hydrogen-bond acceptors (Lipinski definition) is 5. The number of carbonyl (C=O) groups excluding carboxylic acids is 2. The summed E-state index contributed by atoms with van der Waals surface area (Å²) < 4.78 is 12.2. The van der Waals surface area contributed by atoms with E-state index in [0.29, 0.717) is 17.1 Å². The van der Waals surface area contributed by atoms with Crippen LogP contribution in [-0.2, 0) is 16.2 Å². The number of halogens is 1. The van der Waals surface area contributed by atoms with Crippen LogP contribution in [0.3, 0.4) is 0 Å². The fourth-order valence-electron chi connectivity index (χ4n) is 2.85. The van der Waals surface area contributed by atoms with Gasteiger partial charge in [-0.05, 0) is 60.3 Å². The highest BCUT2D eigenvalue weighted by Crippen LogP contribution is 2.25. The molecule has 30 heavy (non-hydrogen) atoms. The molecule has 0 saturated carbocycles. The lowest BCUT2D eigenvalue weighted by Gasteiger charge is -2.27. The summed E-state index contributed by atoms with van der Waals surface area (Å²) in [6.45, 7) is 4.09. The number of benzene rings is 2. The maximum atomic E-state index is 12.7. The van der Waals surface area contributed by atoms with Crippen molar-refractivity contribution in [2.75, 3.05) is 13.7 Å². The molecule has 0 aromatic heterocycles. The molecule has 154 valence electrons. The second-order valence-electron chi connectivity index (χ2n) is 6.34. The van der Waals surface area contributed by atoms with Crippen molar-refractivity contribution in [2.45, 2.75) is 6.61 Å². The number of hydrogen-bond donors (Lipinski definition) is 1. The average Bonchev–Trinajstić information content (AvgIpc) is 2.74. The lowest BCUT2D eigenvalue weighted by molar-refractivity contribution is -0.128. The number of carbonyl (C=O) groups is 2. The molecule has 6 nitrogen and oxygen atoms in total. The second kappa shape index (κ2) is 9.69. The minimum atomic E-state index is -0.534. The molecule has 0 atom stereocenters. The monoisotopic (exact) mass is 486 g/mol. The summed E-state index contributed by atoms with van der Waals surface area (Å²) in [5.74, 6) is 0.350. The molecule has 1 aliphatic heterocycles. The Hall–Kier alpha value is -2.97. The number of amides is 2. The molecule has 0 aliphatic carbocycles. The standard InChI is InChI=1S/C22H19BrN2O4S/c1-3-10-25-21(27)18(20(26)24-22(25)30)12-14-4-9-19(28-2)15(11-14)13-29-17-7-5-16(23)6-8-17/h3-9,11-12H,1,10,13H2,2H3,(H,24,26,30). The van der Waals surface area contributed by atoms with E-state index in [1.54, 1.807) is 25.3 Å². The fourth-order valence-corrected chi connectivity index (χ4v) is 3.36. The molecule has 1 aliphatic rings. The van der Waals surface area contributed by atoms with Gasteiger partial charge in [-0.1, -0.05) is 28.1 Å². The Labute approximate surface area is 188 Å². The summed E-state index contributed by atoms with van der Waals surface area (Å²) >= 11 is 8.46. The Balaban J connectivity index is 1.86. The Kier molecular flexibility index (Phi) is 7.02. The van der Waals surface area contributed by atoms with Crippen LogP contribution < -0.4 is 14.8 Å². The van der Waals surface area contributed by atoms with Crippen molar-refractivity contribution in [3.05, 3.63) is 76.3 Å². The molecule has 1 fully saturated rings. The molecule has 2 aromatic rings. The second-order valence-corrected chi connectivity index (χ2v) is 7.64. The predicted molar refractivity (Wildman–Crippen MR) is 122 cm³/mol. The van der Waals surface area contributed by atoms with Crippen LogP contribution in [-0.4, -0.2) is 35.5 Å². The smallest absolute Gasteiger partial charge is 0.265 e. The highest BCUT2D eigenvalue weighted by molar-refractivity contribution is 9.10. The minimum absolute atomic E-state index is 0.00426. The van der Waals surface area contributed by atoms with Gasteiger partial charge in [0.15, 0.2) is 5.11 Å². The first kappa shape index (κ1) is 21.7. The SMILES string of the molecule is C=CCN1C(=O)C(=Cc2ccc(OC)c(COc3ccc(Br)cc3)c2)C(=O)NC1=S. The van der Waals surface area contributed by atoms with Gasteiger partial charge in [-0.25, -0.2) is 0 Å². The van der Waals surface area contributed by atoms with Gasteiger partial charge < -0.3 is 9.47 Å². The van der Waals surface area contributed by atoms with Gasteiger partial charge in [-0.2, -0.15) is 0 Å². The Bertz CT molecular complexity index is 1030. The predicted octanol–water partition coefficient (Wildman–Crippen LogP) is 3.85. The number of nitrogens with zero attached hydrogens (tertiary/aromatic N) is 1. The van der Waals surface area contributed by atoms with Gasteiger partial charge in [-0.15, -0.1) is 6.58 Å². The van der Waals surface area contributed by atoms with E-state index >= 15 is 0 Å². The lowest BCUT2D eigenvalue weighted by atomic mass is 10.0. The van der Waals surface area contributed by atoms with E-state index in [1.807, 2.05) is 30.3 Å². The third-order valence-electron chi connectivity index (χ3n) is 4.32. The van der Waals surface area contributed by atoms with Crippen molar-refractivity contribution >= 4 is 51.2 Å².